The molecule has 0 aliphatic rings. The average Bonchev–Trinajstić information content (AvgIpc) is 2.39. The highest BCUT2D eigenvalue weighted by molar-refractivity contribution is 5.86. The summed E-state index contributed by atoms with van der Waals surface area (Å²) in [5.74, 6) is -0.864. The molecule has 0 bridgehead atoms. The van der Waals surface area contributed by atoms with Gasteiger partial charge in [0.25, 0.3) is 0 Å². The van der Waals surface area contributed by atoms with Gasteiger partial charge in [0.15, 0.2) is 13.6 Å². The Bertz CT molecular complexity index is 285. The fourth-order valence-electron chi connectivity index (χ4n) is 0.544. The van der Waals surface area contributed by atoms with Crippen LogP contribution in [0, 0.1) is 0 Å². The molecule has 0 aliphatic carbocycles. The van der Waals surface area contributed by atoms with Gasteiger partial charge < -0.3 is 18.9 Å². The first-order valence-corrected chi connectivity index (χ1v) is 5.76. The second-order valence-corrected chi connectivity index (χ2v) is 3.10. The minimum Gasteiger partial charge on any atom is -0.435 e. The Hall–Kier alpha value is -1.66. The highest BCUT2D eigenvalue weighted by Crippen LogP contribution is 1.91. The van der Waals surface area contributed by atoms with Crippen LogP contribution in [0.2, 0.25) is 0 Å². The van der Waals surface area contributed by atoms with Crippen molar-refractivity contribution in [2.75, 3.05) is 26.8 Å². The van der Waals surface area contributed by atoms with E-state index < -0.39 is 11.9 Å². The number of rotatable bonds is 8. The van der Waals surface area contributed by atoms with Gasteiger partial charge in [-0.3, -0.25) is 0 Å². The van der Waals surface area contributed by atoms with E-state index in [0.717, 1.165) is 6.08 Å². The monoisotopic (exact) mass is 274 g/mol. The predicted octanol–water partition coefficient (Wildman–Crippen LogP) is 1.81. The maximum absolute atomic E-state index is 10.6. The lowest BCUT2D eigenvalue weighted by Crippen LogP contribution is -2.08. The predicted molar refractivity (Wildman–Crippen MR) is 70.2 cm³/mol. The third kappa shape index (κ3) is 16.3. The molecule has 0 spiro atoms. The molecule has 0 saturated heterocycles. The molecule has 0 radical (unpaired) electrons. The van der Waals surface area contributed by atoms with Crippen molar-refractivity contribution in [2.24, 2.45) is 0 Å². The van der Waals surface area contributed by atoms with Crippen molar-refractivity contribution in [3.05, 3.63) is 24.8 Å². The van der Waals surface area contributed by atoms with Gasteiger partial charge in [0, 0.05) is 24.9 Å². The van der Waals surface area contributed by atoms with Crippen molar-refractivity contribution in [1.82, 2.24) is 0 Å². The molecule has 0 saturated carbocycles. The van der Waals surface area contributed by atoms with Gasteiger partial charge in [0.1, 0.15) is 0 Å². The summed E-state index contributed by atoms with van der Waals surface area (Å²) in [6.45, 7) is 13.0. The van der Waals surface area contributed by atoms with Crippen molar-refractivity contribution in [2.45, 2.75) is 20.8 Å². The summed E-state index contributed by atoms with van der Waals surface area (Å²) in [6.07, 6.45) is 1.10. The fourth-order valence-corrected chi connectivity index (χ4v) is 0.544. The molecule has 6 nitrogen and oxygen atoms in total. The number of carbonyl (C=O) groups is 2. The zero-order chi connectivity index (χ0) is 15.1. The van der Waals surface area contributed by atoms with Crippen LogP contribution in [0.25, 0.3) is 0 Å². The van der Waals surface area contributed by atoms with Crippen LogP contribution in [-0.2, 0) is 28.5 Å². The molecule has 0 aliphatic heterocycles. The molecule has 0 N–H and O–H groups in total. The summed E-state index contributed by atoms with van der Waals surface area (Å²) in [7, 11) is 0. The first-order chi connectivity index (χ1) is 8.99. The summed E-state index contributed by atoms with van der Waals surface area (Å²) in [4.78, 5) is 20.9. The van der Waals surface area contributed by atoms with E-state index in [0.29, 0.717) is 18.8 Å². The molecule has 0 atom stereocenters. The zero-order valence-corrected chi connectivity index (χ0v) is 11.8. The van der Waals surface area contributed by atoms with Crippen LogP contribution in [0.4, 0.5) is 0 Å². The Morgan fingerprint density at radius 2 is 1.53 bits per heavy atom. The molecule has 19 heavy (non-hydrogen) atoms. The van der Waals surface area contributed by atoms with Crippen LogP contribution in [0.5, 0.6) is 0 Å². The summed E-state index contributed by atoms with van der Waals surface area (Å²) >= 11 is 0. The van der Waals surface area contributed by atoms with Crippen LogP contribution in [0.3, 0.4) is 0 Å². The highest BCUT2D eigenvalue weighted by Gasteiger charge is 2.00. The summed E-state index contributed by atoms with van der Waals surface area (Å²) in [5, 5.41) is 0. The van der Waals surface area contributed by atoms with Gasteiger partial charge >= 0.3 is 11.9 Å². The van der Waals surface area contributed by atoms with Crippen molar-refractivity contribution >= 4 is 11.9 Å². The minimum atomic E-state index is -0.455. The summed E-state index contributed by atoms with van der Waals surface area (Å²) in [5.41, 5.74) is 0.389. The van der Waals surface area contributed by atoms with E-state index in [-0.39, 0.29) is 13.6 Å². The molecule has 0 unspecified atom stereocenters. The van der Waals surface area contributed by atoms with Gasteiger partial charge in [-0.15, -0.1) is 0 Å². The number of ether oxygens (including phenoxy) is 4. The van der Waals surface area contributed by atoms with Gasteiger partial charge in [0.2, 0.25) is 0 Å². The van der Waals surface area contributed by atoms with E-state index in [1.807, 2.05) is 13.8 Å². The van der Waals surface area contributed by atoms with Crippen molar-refractivity contribution in [1.29, 1.82) is 0 Å². The van der Waals surface area contributed by atoms with E-state index in [4.69, 9.17) is 9.47 Å². The van der Waals surface area contributed by atoms with E-state index in [1.54, 1.807) is 6.92 Å². The maximum Gasteiger partial charge on any atom is 0.335 e. The third-order valence-corrected chi connectivity index (χ3v) is 1.48. The Morgan fingerprint density at radius 3 is 1.89 bits per heavy atom. The Kier molecular flexibility index (Phi) is 14.9. The van der Waals surface area contributed by atoms with E-state index >= 15 is 0 Å². The maximum atomic E-state index is 10.6. The number of hydrogen-bond acceptors (Lipinski definition) is 6. The Labute approximate surface area is 114 Å². The lowest BCUT2D eigenvalue weighted by molar-refractivity contribution is -0.151. The second-order valence-electron chi connectivity index (χ2n) is 3.10. The van der Waals surface area contributed by atoms with Gasteiger partial charge in [-0.25, -0.2) is 9.59 Å². The summed E-state index contributed by atoms with van der Waals surface area (Å²) < 4.78 is 18.5. The molecular formula is C13H22O6. The standard InChI is InChI=1S/C7H12O3.C6H10O3/c1-4-9-5-10-7(8)6(2)3;1-3-6(7)9-5-8-4-2/h2,4-5H2,1,3H3;3H,1,4-5H2,2H3. The van der Waals surface area contributed by atoms with Crippen molar-refractivity contribution in [3.63, 3.8) is 0 Å². The smallest absolute Gasteiger partial charge is 0.335 e. The van der Waals surface area contributed by atoms with Crippen molar-refractivity contribution < 1.29 is 28.5 Å². The Balaban J connectivity index is 0. The van der Waals surface area contributed by atoms with Gasteiger partial charge in [0.05, 0.1) is 0 Å². The third-order valence-electron chi connectivity index (χ3n) is 1.48. The molecule has 0 aromatic heterocycles. The lowest BCUT2D eigenvalue weighted by Gasteiger charge is -2.02. The quantitative estimate of drug-likeness (QED) is 0.291. The van der Waals surface area contributed by atoms with Crippen LogP contribution in [0.15, 0.2) is 24.8 Å². The van der Waals surface area contributed by atoms with Gasteiger partial charge in [-0.2, -0.15) is 0 Å². The molecule has 0 aromatic rings. The Morgan fingerprint density at radius 1 is 1.05 bits per heavy atom. The topological polar surface area (TPSA) is 71.1 Å². The van der Waals surface area contributed by atoms with Crippen LogP contribution >= 0.6 is 0 Å². The number of hydrogen-bond donors (Lipinski definition) is 0. The first kappa shape index (κ1) is 19.7. The molecular weight excluding hydrogens is 252 g/mol. The SMILES string of the molecule is C=C(C)C(=O)OCOCC.C=CC(=O)OCOCC. The fraction of sp³-hybridized carbons (Fsp3) is 0.538. The molecule has 110 valence electrons. The van der Waals surface area contributed by atoms with Crippen LogP contribution < -0.4 is 0 Å². The number of carbonyl (C=O) groups excluding carboxylic acids is 2. The molecule has 0 amide bonds. The molecule has 0 heterocycles. The highest BCUT2D eigenvalue weighted by atomic mass is 16.7. The van der Waals surface area contributed by atoms with Gasteiger partial charge in [-0.05, 0) is 20.8 Å². The van der Waals surface area contributed by atoms with E-state index in [9.17, 15) is 9.59 Å². The molecule has 0 aromatic carbocycles. The van der Waals surface area contributed by atoms with Gasteiger partial charge in [-0.1, -0.05) is 13.2 Å². The normalized spacial score (nSPS) is 8.79. The van der Waals surface area contributed by atoms with Crippen LogP contribution in [-0.4, -0.2) is 38.7 Å². The minimum absolute atomic E-state index is 0.0152. The molecule has 6 heteroatoms. The van der Waals surface area contributed by atoms with E-state index in [1.165, 1.54) is 0 Å². The summed E-state index contributed by atoms with van der Waals surface area (Å²) in [6, 6.07) is 0. The van der Waals surface area contributed by atoms with E-state index in [2.05, 4.69) is 22.6 Å². The second kappa shape index (κ2) is 14.4. The zero-order valence-electron chi connectivity index (χ0n) is 11.8. The van der Waals surface area contributed by atoms with Crippen LogP contribution in [0.1, 0.15) is 20.8 Å². The largest absolute Gasteiger partial charge is 0.435 e. The first-order valence-electron chi connectivity index (χ1n) is 5.76. The molecule has 0 rings (SSSR count). The molecule has 0 fully saturated rings. The average molecular weight is 274 g/mol. The number of esters is 2. The lowest BCUT2D eigenvalue weighted by atomic mass is 10.4. The van der Waals surface area contributed by atoms with Crippen molar-refractivity contribution in [3.8, 4) is 0 Å².